The number of carbonyl (C=O) groups is 1. The van der Waals surface area contributed by atoms with Gasteiger partial charge in [-0.05, 0) is 118 Å². The third kappa shape index (κ3) is 12.0. The van der Waals surface area contributed by atoms with E-state index in [1.165, 1.54) is 5.57 Å². The molecule has 3 aromatic rings. The fourth-order valence-corrected chi connectivity index (χ4v) is 8.49. The van der Waals surface area contributed by atoms with Crippen LogP contribution in [-0.2, 0) is 14.2 Å². The number of hydrogen-bond donors (Lipinski definition) is 1. The van der Waals surface area contributed by atoms with Crippen molar-refractivity contribution in [2.24, 2.45) is 5.92 Å². The molecule has 0 bridgehead atoms. The van der Waals surface area contributed by atoms with Gasteiger partial charge in [0.1, 0.15) is 36.5 Å². The van der Waals surface area contributed by atoms with E-state index in [2.05, 4.69) is 91.4 Å². The van der Waals surface area contributed by atoms with Gasteiger partial charge >= 0.3 is 6.09 Å². The SMILES string of the molecule is C/C=C\N(C(=O)OC(C)(C)C)[C@H](C)CCC1Nc2c(-c3ccc4ccc(OC)cc4c3)cnn2C(N(COCC[Si](C)(C)C)COCC[Si](C)(C)C)=C1C1CC1. The van der Waals surface area contributed by atoms with Crippen molar-refractivity contribution in [3.8, 4) is 16.9 Å². The minimum absolute atomic E-state index is 0.0148. The Morgan fingerprint density at radius 2 is 1.62 bits per heavy atom. The van der Waals surface area contributed by atoms with Crippen LogP contribution in [0.4, 0.5) is 10.6 Å². The van der Waals surface area contributed by atoms with Crippen LogP contribution >= 0.6 is 0 Å². The number of ether oxygens (including phenoxy) is 4. The van der Waals surface area contributed by atoms with Gasteiger partial charge in [0.2, 0.25) is 0 Å². The molecule has 1 aliphatic carbocycles. The van der Waals surface area contributed by atoms with Crippen LogP contribution in [0.3, 0.4) is 0 Å². The molecular formula is C44H69N5O5Si2. The maximum absolute atomic E-state index is 13.4. The number of hydrogen-bond acceptors (Lipinski definition) is 8. The van der Waals surface area contributed by atoms with Gasteiger partial charge in [-0.15, -0.1) is 0 Å². The molecule has 0 radical (unpaired) electrons. The van der Waals surface area contributed by atoms with Crippen LogP contribution in [0, 0.1) is 5.92 Å². The number of aromatic nitrogens is 2. The summed E-state index contributed by atoms with van der Waals surface area (Å²) in [6.07, 6.45) is 9.25. The van der Waals surface area contributed by atoms with Crippen LogP contribution in [0.1, 0.15) is 60.3 Å². The lowest BCUT2D eigenvalue weighted by Crippen LogP contribution is -2.42. The normalized spacial score (nSPS) is 16.9. The van der Waals surface area contributed by atoms with Gasteiger partial charge in [0, 0.05) is 47.2 Å². The number of anilines is 1. The topological polar surface area (TPSA) is 90.3 Å². The highest BCUT2D eigenvalue weighted by Crippen LogP contribution is 2.47. The van der Waals surface area contributed by atoms with E-state index in [0.29, 0.717) is 19.4 Å². The molecule has 2 atom stereocenters. The smallest absolute Gasteiger partial charge is 0.414 e. The summed E-state index contributed by atoms with van der Waals surface area (Å²) in [4.78, 5) is 17.4. The maximum Gasteiger partial charge on any atom is 0.414 e. The molecule has 1 unspecified atom stereocenters. The van der Waals surface area contributed by atoms with Crippen molar-refractivity contribution in [3.05, 3.63) is 60.4 Å². The molecule has 1 aliphatic heterocycles. The number of fused-ring (bicyclic) bond motifs is 2. The molecule has 1 amide bonds. The van der Waals surface area contributed by atoms with E-state index in [0.717, 1.165) is 90.3 Å². The van der Waals surface area contributed by atoms with Crippen molar-refractivity contribution in [3.63, 3.8) is 0 Å². The number of rotatable bonds is 19. The molecule has 12 heteroatoms. The lowest BCUT2D eigenvalue weighted by atomic mass is 9.93. The highest BCUT2D eigenvalue weighted by Gasteiger charge is 2.41. The van der Waals surface area contributed by atoms with Gasteiger partial charge in [-0.1, -0.05) is 63.6 Å². The van der Waals surface area contributed by atoms with Crippen LogP contribution < -0.4 is 10.1 Å². The molecule has 1 fully saturated rings. The molecule has 2 aliphatic rings. The van der Waals surface area contributed by atoms with Crippen LogP contribution in [0.15, 0.2) is 60.4 Å². The Morgan fingerprint density at radius 3 is 2.20 bits per heavy atom. The zero-order valence-corrected chi connectivity index (χ0v) is 38.3. The second-order valence-corrected chi connectivity index (χ2v) is 30.3. The van der Waals surface area contributed by atoms with E-state index in [9.17, 15) is 4.79 Å². The number of nitrogens with zero attached hydrogens (tertiary/aromatic N) is 4. The van der Waals surface area contributed by atoms with Gasteiger partial charge < -0.3 is 29.2 Å². The third-order valence-electron chi connectivity index (χ3n) is 10.3. The quantitative estimate of drug-likeness (QED) is 0.0728. The van der Waals surface area contributed by atoms with Crippen LogP contribution in [0.2, 0.25) is 51.4 Å². The standard InChI is InChI=1S/C44H69N5O5Si2/c1-13-22-48(43(50)54-44(3,4)5)32(2)14-21-39-40(34-16-17-34)42(47(30-52-23-25-55(7,8)9)31-53-24-26-56(10,11)12)49-41(46-39)38(29-45-49)35-18-15-33-19-20-37(51-6)28-36(33)27-35/h13,15,18-20,22,27-29,32,34,39,46H,14,16-17,21,23-26,30-31H2,1-12H3/b22-13-/t32-,39?/m1/s1. The zero-order valence-electron chi connectivity index (χ0n) is 36.3. The summed E-state index contributed by atoms with van der Waals surface area (Å²) in [6.45, 7) is 26.4. The largest absolute Gasteiger partial charge is 0.497 e. The van der Waals surface area contributed by atoms with E-state index in [1.54, 1.807) is 12.0 Å². The highest BCUT2D eigenvalue weighted by molar-refractivity contribution is 6.76. The van der Waals surface area contributed by atoms with E-state index < -0.39 is 21.7 Å². The van der Waals surface area contributed by atoms with Gasteiger partial charge in [0.15, 0.2) is 0 Å². The maximum atomic E-state index is 13.4. The monoisotopic (exact) mass is 803 g/mol. The highest BCUT2D eigenvalue weighted by atomic mass is 28.3. The first-order valence-corrected chi connectivity index (χ1v) is 28.0. The summed E-state index contributed by atoms with van der Waals surface area (Å²) in [6, 6.07) is 14.9. The lowest BCUT2D eigenvalue weighted by Gasteiger charge is -2.38. The third-order valence-corrected chi connectivity index (χ3v) is 13.7. The van der Waals surface area contributed by atoms with Gasteiger partial charge in [-0.25, -0.2) is 9.48 Å². The summed E-state index contributed by atoms with van der Waals surface area (Å²) in [5, 5.41) is 11.4. The Kier molecular flexibility index (Phi) is 14.3. The van der Waals surface area contributed by atoms with Gasteiger partial charge in [0.25, 0.3) is 0 Å². The molecule has 0 saturated heterocycles. The molecule has 0 spiro atoms. The van der Waals surface area contributed by atoms with Crippen LogP contribution in [0.5, 0.6) is 5.75 Å². The minimum Gasteiger partial charge on any atom is -0.497 e. The molecule has 308 valence electrons. The van der Waals surface area contributed by atoms with Gasteiger partial charge in [-0.3, -0.25) is 4.90 Å². The minimum atomic E-state index is -1.29. The second kappa shape index (κ2) is 18.3. The second-order valence-electron chi connectivity index (χ2n) is 19.0. The fraction of sp³-hybridized carbons (Fsp3) is 0.591. The van der Waals surface area contributed by atoms with Crippen molar-refractivity contribution in [2.75, 3.05) is 39.1 Å². The Balaban J connectivity index is 1.56. The first kappa shape index (κ1) is 43.5. The van der Waals surface area contributed by atoms with Crippen molar-refractivity contribution in [1.29, 1.82) is 0 Å². The number of methoxy groups -OCH3 is 1. The van der Waals surface area contributed by atoms with E-state index in [4.69, 9.17) is 24.0 Å². The molecule has 2 heterocycles. The molecule has 56 heavy (non-hydrogen) atoms. The zero-order chi connectivity index (χ0) is 40.8. The Hall–Kier alpha value is -3.59. The van der Waals surface area contributed by atoms with Crippen molar-refractivity contribution in [2.45, 2.75) is 129 Å². The molecule has 2 aromatic carbocycles. The van der Waals surface area contributed by atoms with E-state index >= 15 is 0 Å². The summed E-state index contributed by atoms with van der Waals surface area (Å²) in [5.74, 6) is 3.27. The van der Waals surface area contributed by atoms with E-state index in [-0.39, 0.29) is 18.2 Å². The molecule has 1 N–H and O–H groups in total. The average Bonchev–Trinajstić information content (AvgIpc) is 3.87. The summed E-state index contributed by atoms with van der Waals surface area (Å²) in [7, 11) is -0.873. The van der Waals surface area contributed by atoms with Crippen LogP contribution in [-0.4, -0.2) is 93.3 Å². The Morgan fingerprint density at radius 1 is 0.982 bits per heavy atom. The molecule has 10 nitrogen and oxygen atoms in total. The first-order valence-electron chi connectivity index (χ1n) is 20.6. The molecule has 1 aromatic heterocycles. The number of allylic oxidation sites excluding steroid dienone is 1. The Bertz CT molecular complexity index is 1830. The average molecular weight is 804 g/mol. The van der Waals surface area contributed by atoms with Crippen molar-refractivity contribution < 1.29 is 23.7 Å². The predicted molar refractivity (Wildman–Crippen MR) is 236 cm³/mol. The lowest BCUT2D eigenvalue weighted by molar-refractivity contribution is -0.0101. The summed E-state index contributed by atoms with van der Waals surface area (Å²) < 4.78 is 26.6. The first-order chi connectivity index (χ1) is 26.4. The number of benzene rings is 2. The van der Waals surface area contributed by atoms with Crippen molar-refractivity contribution in [1.82, 2.24) is 19.6 Å². The van der Waals surface area contributed by atoms with Gasteiger partial charge in [0.05, 0.1) is 19.3 Å². The summed E-state index contributed by atoms with van der Waals surface area (Å²) in [5.41, 5.74) is 2.87. The number of amides is 1. The number of nitrogens with one attached hydrogen (secondary N) is 1. The molecule has 5 rings (SSSR count). The Labute approximate surface area is 338 Å². The summed E-state index contributed by atoms with van der Waals surface area (Å²) >= 11 is 0. The predicted octanol–water partition coefficient (Wildman–Crippen LogP) is 11.0. The van der Waals surface area contributed by atoms with Crippen molar-refractivity contribution >= 4 is 44.7 Å². The van der Waals surface area contributed by atoms with Gasteiger partial charge in [-0.2, -0.15) is 5.10 Å². The number of carbonyl (C=O) groups excluding carboxylic acids is 1. The molecular weight excluding hydrogens is 735 g/mol. The van der Waals surface area contributed by atoms with Crippen LogP contribution in [0.25, 0.3) is 27.7 Å². The fourth-order valence-electron chi connectivity index (χ4n) is 6.98. The van der Waals surface area contributed by atoms with E-state index in [1.807, 2.05) is 52.2 Å². The molecule has 1 saturated carbocycles.